The van der Waals surface area contributed by atoms with Crippen molar-refractivity contribution >= 4 is 5.91 Å². The zero-order chi connectivity index (χ0) is 18.2. The average molecular weight is 353 g/mol. The molecule has 1 fully saturated rings. The van der Waals surface area contributed by atoms with Gasteiger partial charge in [0.1, 0.15) is 11.5 Å². The van der Waals surface area contributed by atoms with Crippen LogP contribution in [0.4, 0.5) is 0 Å². The average Bonchev–Trinajstić information content (AvgIpc) is 3.12. The Bertz CT molecular complexity index is 538. The molecular formula is C18H27NO6. The Labute approximate surface area is 148 Å². The molecule has 1 saturated carbocycles. The molecule has 1 aromatic carbocycles. The van der Waals surface area contributed by atoms with Gasteiger partial charge < -0.3 is 18.9 Å². The molecule has 0 spiro atoms. The predicted molar refractivity (Wildman–Crippen MR) is 91.3 cm³/mol. The van der Waals surface area contributed by atoms with E-state index in [1.807, 2.05) is 18.2 Å². The molecule has 1 aliphatic rings. The van der Waals surface area contributed by atoms with Crippen molar-refractivity contribution in [2.45, 2.75) is 25.2 Å². The topological polar surface area (TPSA) is 66.5 Å². The molecule has 0 aromatic heterocycles. The van der Waals surface area contributed by atoms with Gasteiger partial charge in [0.25, 0.3) is 0 Å². The Kier molecular flexibility index (Phi) is 7.49. The Hall–Kier alpha value is -1.83. The molecule has 0 aliphatic heterocycles. The van der Waals surface area contributed by atoms with E-state index in [1.54, 1.807) is 21.3 Å². The number of methoxy groups -OCH3 is 2. The Balaban J connectivity index is 2.37. The van der Waals surface area contributed by atoms with Crippen LogP contribution in [-0.4, -0.2) is 52.9 Å². The van der Waals surface area contributed by atoms with Gasteiger partial charge in [0.15, 0.2) is 13.6 Å². The van der Waals surface area contributed by atoms with Crippen LogP contribution in [0.25, 0.3) is 0 Å². The highest BCUT2D eigenvalue weighted by Gasteiger charge is 2.39. The van der Waals surface area contributed by atoms with Gasteiger partial charge in [-0.3, -0.25) is 9.63 Å². The van der Waals surface area contributed by atoms with Crippen LogP contribution in [0.1, 0.15) is 30.7 Å². The van der Waals surface area contributed by atoms with Crippen molar-refractivity contribution in [2.75, 3.05) is 42.0 Å². The fourth-order valence-electron chi connectivity index (χ4n) is 3.31. The third-order valence-corrected chi connectivity index (χ3v) is 4.48. The molecule has 25 heavy (non-hydrogen) atoms. The number of benzene rings is 1. The van der Waals surface area contributed by atoms with Crippen molar-refractivity contribution in [1.29, 1.82) is 0 Å². The summed E-state index contributed by atoms with van der Waals surface area (Å²) in [6, 6.07) is 5.59. The molecule has 7 nitrogen and oxygen atoms in total. The number of hydrogen-bond acceptors (Lipinski definition) is 6. The molecule has 0 N–H and O–H groups in total. The van der Waals surface area contributed by atoms with Crippen molar-refractivity contribution < 1.29 is 28.6 Å². The molecule has 2 atom stereocenters. The summed E-state index contributed by atoms with van der Waals surface area (Å²) in [4.78, 5) is 17.8. The third-order valence-electron chi connectivity index (χ3n) is 4.48. The molecule has 0 saturated heterocycles. The van der Waals surface area contributed by atoms with Crippen molar-refractivity contribution in [3.63, 3.8) is 0 Å². The summed E-state index contributed by atoms with van der Waals surface area (Å²) in [7, 11) is 6.26. The first-order valence-electron chi connectivity index (χ1n) is 8.32. The number of rotatable bonds is 9. The zero-order valence-corrected chi connectivity index (χ0v) is 15.3. The lowest BCUT2D eigenvalue weighted by Gasteiger charge is -2.26. The summed E-state index contributed by atoms with van der Waals surface area (Å²) in [6.07, 6.45) is 2.64. The second-order valence-electron chi connectivity index (χ2n) is 5.93. The van der Waals surface area contributed by atoms with Gasteiger partial charge in [-0.2, -0.15) is 0 Å². The summed E-state index contributed by atoms with van der Waals surface area (Å²) in [6.45, 7) is 0.258. The minimum Gasteiger partial charge on any atom is -0.467 e. The van der Waals surface area contributed by atoms with E-state index < -0.39 is 0 Å². The molecule has 140 valence electrons. The van der Waals surface area contributed by atoms with Gasteiger partial charge in [-0.05, 0) is 25.0 Å². The fraction of sp³-hybridized carbons (Fsp3) is 0.611. The van der Waals surface area contributed by atoms with Crippen LogP contribution < -0.4 is 9.47 Å². The smallest absolute Gasteiger partial charge is 0.249 e. The highest BCUT2D eigenvalue weighted by Crippen LogP contribution is 2.47. The molecule has 0 heterocycles. The van der Waals surface area contributed by atoms with Crippen molar-refractivity contribution in [1.82, 2.24) is 5.06 Å². The molecule has 0 unspecified atom stereocenters. The van der Waals surface area contributed by atoms with Gasteiger partial charge in [0.2, 0.25) is 5.91 Å². The van der Waals surface area contributed by atoms with E-state index in [0.29, 0.717) is 11.5 Å². The van der Waals surface area contributed by atoms with E-state index in [9.17, 15) is 4.79 Å². The number of amides is 1. The highest BCUT2D eigenvalue weighted by atomic mass is 16.7. The second-order valence-corrected chi connectivity index (χ2v) is 5.93. The van der Waals surface area contributed by atoms with Crippen LogP contribution in [0.3, 0.4) is 0 Å². The quantitative estimate of drug-likeness (QED) is 0.502. The molecule has 0 radical (unpaired) electrons. The summed E-state index contributed by atoms with van der Waals surface area (Å²) < 4.78 is 21.5. The Morgan fingerprint density at radius 1 is 1.08 bits per heavy atom. The van der Waals surface area contributed by atoms with Crippen molar-refractivity contribution in [2.24, 2.45) is 5.92 Å². The molecular weight excluding hydrogens is 326 g/mol. The van der Waals surface area contributed by atoms with E-state index in [-0.39, 0.29) is 31.3 Å². The van der Waals surface area contributed by atoms with Crippen LogP contribution in [-0.2, 0) is 19.1 Å². The van der Waals surface area contributed by atoms with E-state index in [4.69, 9.17) is 23.8 Å². The van der Waals surface area contributed by atoms with Crippen LogP contribution in [0.5, 0.6) is 11.5 Å². The SMILES string of the molecule is COCOc1cccc(OCOC)c1[C@@H]1CCC[C@@H]1C(=O)N(C)OC. The van der Waals surface area contributed by atoms with Gasteiger partial charge in [-0.15, -0.1) is 0 Å². The monoisotopic (exact) mass is 353 g/mol. The number of carbonyl (C=O) groups is 1. The third kappa shape index (κ3) is 4.62. The van der Waals surface area contributed by atoms with Crippen LogP contribution in [0.15, 0.2) is 18.2 Å². The minimum absolute atomic E-state index is 0.00925. The summed E-state index contributed by atoms with van der Waals surface area (Å²) >= 11 is 0. The summed E-state index contributed by atoms with van der Waals surface area (Å²) in [5.41, 5.74) is 0.886. The molecule has 1 amide bonds. The number of nitrogens with zero attached hydrogens (tertiary/aromatic N) is 1. The maximum atomic E-state index is 12.7. The van der Waals surface area contributed by atoms with Crippen molar-refractivity contribution in [3.05, 3.63) is 23.8 Å². The van der Waals surface area contributed by atoms with Gasteiger partial charge in [0.05, 0.1) is 7.11 Å². The number of carbonyl (C=O) groups excluding carboxylic acids is 1. The molecule has 0 bridgehead atoms. The van der Waals surface area contributed by atoms with E-state index in [2.05, 4.69) is 0 Å². The van der Waals surface area contributed by atoms with Crippen LogP contribution >= 0.6 is 0 Å². The van der Waals surface area contributed by atoms with E-state index >= 15 is 0 Å². The van der Waals surface area contributed by atoms with E-state index in [1.165, 1.54) is 12.2 Å². The molecule has 1 aliphatic carbocycles. The maximum absolute atomic E-state index is 12.7. The summed E-state index contributed by atoms with van der Waals surface area (Å²) in [5, 5.41) is 1.29. The zero-order valence-electron chi connectivity index (χ0n) is 15.3. The Morgan fingerprint density at radius 3 is 2.20 bits per heavy atom. The van der Waals surface area contributed by atoms with Gasteiger partial charge in [0, 0.05) is 38.7 Å². The highest BCUT2D eigenvalue weighted by molar-refractivity contribution is 5.79. The van der Waals surface area contributed by atoms with Gasteiger partial charge in [-0.1, -0.05) is 12.5 Å². The first-order chi connectivity index (χ1) is 12.1. The van der Waals surface area contributed by atoms with E-state index in [0.717, 1.165) is 24.8 Å². The minimum atomic E-state index is -0.179. The normalized spacial score (nSPS) is 19.7. The van der Waals surface area contributed by atoms with Crippen molar-refractivity contribution in [3.8, 4) is 11.5 Å². The standard InChI is InChI=1S/C18H27NO6/c1-19(23-4)18(20)14-8-5-7-13(14)17-15(24-11-21-2)9-6-10-16(17)25-12-22-3/h6,9-10,13-14H,5,7-8,11-12H2,1-4H3/t13-,14+/m1/s1. The van der Waals surface area contributed by atoms with Crippen LogP contribution in [0.2, 0.25) is 0 Å². The number of hydroxylamine groups is 2. The van der Waals surface area contributed by atoms with Gasteiger partial charge in [-0.25, -0.2) is 5.06 Å². The largest absolute Gasteiger partial charge is 0.467 e. The summed E-state index contributed by atoms with van der Waals surface area (Å²) in [5.74, 6) is 1.11. The number of ether oxygens (including phenoxy) is 4. The lowest BCUT2D eigenvalue weighted by atomic mass is 9.87. The fourth-order valence-corrected chi connectivity index (χ4v) is 3.31. The maximum Gasteiger partial charge on any atom is 0.249 e. The lowest BCUT2D eigenvalue weighted by Crippen LogP contribution is -2.33. The lowest BCUT2D eigenvalue weighted by molar-refractivity contribution is -0.173. The molecule has 1 aromatic rings. The predicted octanol–water partition coefficient (Wildman–Crippen LogP) is 2.56. The second kappa shape index (κ2) is 9.60. The molecule has 2 rings (SSSR count). The first kappa shape index (κ1) is 19.5. The Morgan fingerprint density at radius 2 is 1.68 bits per heavy atom. The first-order valence-corrected chi connectivity index (χ1v) is 8.32. The van der Waals surface area contributed by atoms with Gasteiger partial charge >= 0.3 is 0 Å². The number of hydrogen-bond donors (Lipinski definition) is 0. The van der Waals surface area contributed by atoms with Crippen LogP contribution in [0, 0.1) is 5.92 Å². The molecule has 7 heteroatoms.